The number of hydrogen-bond donors (Lipinski definition) is 0. The Morgan fingerprint density at radius 2 is 1.85 bits per heavy atom. The molecule has 0 fully saturated rings. The number of fused-ring (bicyclic) bond motifs is 1. The number of rotatable bonds is 0. The largest absolute Gasteiger partial charge is 0.331 e. The van der Waals surface area contributed by atoms with Gasteiger partial charge < -0.3 is 0 Å². The van der Waals surface area contributed by atoms with E-state index in [1.54, 1.807) is 24.3 Å². The fourth-order valence-corrected chi connectivity index (χ4v) is 1.16. The zero-order chi connectivity index (χ0) is 9.26. The highest BCUT2D eigenvalue weighted by Gasteiger charge is 2.18. The third kappa shape index (κ3) is 1.38. The molecule has 0 spiro atoms. The Morgan fingerprint density at radius 3 is 2.69 bits per heavy atom. The van der Waals surface area contributed by atoms with Crippen molar-refractivity contribution in [3.8, 4) is 0 Å². The van der Waals surface area contributed by atoms with E-state index in [9.17, 15) is 9.59 Å². The van der Waals surface area contributed by atoms with Crippen LogP contribution in [0.15, 0.2) is 34.5 Å². The number of ketones is 1. The van der Waals surface area contributed by atoms with E-state index < -0.39 is 11.7 Å². The van der Waals surface area contributed by atoms with Crippen molar-refractivity contribution in [1.29, 1.82) is 0 Å². The fraction of sp³-hybridized carbons (Fsp3) is 0.111. The van der Waals surface area contributed by atoms with Crippen molar-refractivity contribution >= 4 is 17.4 Å². The molecule has 0 atom stereocenters. The van der Waals surface area contributed by atoms with Crippen molar-refractivity contribution in [2.24, 2.45) is 10.2 Å². The van der Waals surface area contributed by atoms with Crippen LogP contribution in [0.25, 0.3) is 0 Å². The lowest BCUT2D eigenvalue weighted by Gasteiger charge is -1.96. The number of carbonyl (C=O) groups is 2. The predicted octanol–water partition coefficient (Wildman–Crippen LogP) is 1.42. The van der Waals surface area contributed by atoms with Gasteiger partial charge in [0.25, 0.3) is 0 Å². The van der Waals surface area contributed by atoms with Crippen molar-refractivity contribution < 1.29 is 9.59 Å². The van der Waals surface area contributed by atoms with Gasteiger partial charge in [0.1, 0.15) is 0 Å². The smallest absolute Gasteiger partial charge is 0.288 e. The Kier molecular flexibility index (Phi) is 1.73. The van der Waals surface area contributed by atoms with E-state index in [4.69, 9.17) is 0 Å². The first-order valence-electron chi connectivity index (χ1n) is 3.84. The lowest BCUT2D eigenvalue weighted by Crippen LogP contribution is -2.11. The SMILES string of the molecule is O=C1Cc2ccccc2N=NC1=O. The second kappa shape index (κ2) is 2.90. The average molecular weight is 174 g/mol. The number of azo groups is 1. The molecule has 0 bridgehead atoms. The maximum atomic E-state index is 11.1. The summed E-state index contributed by atoms with van der Waals surface area (Å²) in [6.45, 7) is 0. The van der Waals surface area contributed by atoms with Crippen LogP contribution >= 0.6 is 0 Å². The van der Waals surface area contributed by atoms with Crippen LogP contribution in [-0.4, -0.2) is 11.7 Å². The molecule has 0 saturated carbocycles. The quantitative estimate of drug-likeness (QED) is 0.558. The molecule has 0 N–H and O–H groups in total. The van der Waals surface area contributed by atoms with E-state index in [0.717, 1.165) is 5.56 Å². The normalized spacial score (nSPS) is 15.4. The molecule has 1 aliphatic heterocycles. The summed E-state index contributed by atoms with van der Waals surface area (Å²) in [5.74, 6) is -1.27. The van der Waals surface area contributed by atoms with Crippen LogP contribution in [0, 0.1) is 0 Å². The predicted molar refractivity (Wildman–Crippen MR) is 44.7 cm³/mol. The minimum Gasteiger partial charge on any atom is -0.288 e. The second-order valence-electron chi connectivity index (χ2n) is 2.73. The molecule has 1 aromatic rings. The number of amides is 1. The van der Waals surface area contributed by atoms with Gasteiger partial charge in [0.2, 0.25) is 5.78 Å². The molecule has 1 aromatic carbocycles. The molecule has 0 aromatic heterocycles. The van der Waals surface area contributed by atoms with Crippen LogP contribution in [-0.2, 0) is 16.0 Å². The van der Waals surface area contributed by atoms with Gasteiger partial charge in [-0.2, -0.15) is 0 Å². The van der Waals surface area contributed by atoms with E-state index in [2.05, 4.69) is 10.2 Å². The van der Waals surface area contributed by atoms with Gasteiger partial charge in [-0.1, -0.05) is 18.2 Å². The molecule has 4 heteroatoms. The van der Waals surface area contributed by atoms with Crippen LogP contribution in [0.3, 0.4) is 0 Å². The standard InChI is InChI=1S/C9H6N2O2/c12-8-5-6-3-1-2-4-7(6)10-11-9(8)13/h1-4H,5H2. The topological polar surface area (TPSA) is 58.9 Å². The maximum absolute atomic E-state index is 11.1. The first-order chi connectivity index (χ1) is 6.27. The van der Waals surface area contributed by atoms with Crippen molar-refractivity contribution in [3.05, 3.63) is 29.8 Å². The summed E-state index contributed by atoms with van der Waals surface area (Å²) in [7, 11) is 0. The van der Waals surface area contributed by atoms with E-state index in [1.807, 2.05) is 0 Å². The Labute approximate surface area is 74.3 Å². The third-order valence-corrected chi connectivity index (χ3v) is 1.83. The highest BCUT2D eigenvalue weighted by atomic mass is 16.2. The van der Waals surface area contributed by atoms with Gasteiger partial charge in [-0.3, -0.25) is 9.59 Å². The lowest BCUT2D eigenvalue weighted by atomic mass is 10.1. The van der Waals surface area contributed by atoms with Gasteiger partial charge in [0.15, 0.2) is 0 Å². The fourth-order valence-electron chi connectivity index (χ4n) is 1.16. The maximum Gasteiger partial charge on any atom is 0.331 e. The summed E-state index contributed by atoms with van der Waals surface area (Å²) >= 11 is 0. The summed E-state index contributed by atoms with van der Waals surface area (Å²) in [5.41, 5.74) is 1.35. The summed E-state index contributed by atoms with van der Waals surface area (Å²) < 4.78 is 0. The zero-order valence-electron chi connectivity index (χ0n) is 6.73. The van der Waals surface area contributed by atoms with Crippen LogP contribution in [0.5, 0.6) is 0 Å². The molecule has 1 aliphatic rings. The molecule has 0 unspecified atom stereocenters. The van der Waals surface area contributed by atoms with Crippen molar-refractivity contribution in [3.63, 3.8) is 0 Å². The molecule has 4 nitrogen and oxygen atoms in total. The van der Waals surface area contributed by atoms with E-state index in [1.165, 1.54) is 0 Å². The Balaban J connectivity index is 2.52. The molecule has 64 valence electrons. The first-order valence-corrected chi connectivity index (χ1v) is 3.84. The minimum atomic E-state index is -0.767. The number of hydrogen-bond acceptors (Lipinski definition) is 3. The summed E-state index contributed by atoms with van der Waals surface area (Å²) in [5, 5.41) is 6.96. The number of carbonyl (C=O) groups excluding carboxylic acids is 2. The van der Waals surface area contributed by atoms with Gasteiger partial charge in [0, 0.05) is 6.42 Å². The molecule has 0 aliphatic carbocycles. The van der Waals surface area contributed by atoms with Crippen LogP contribution in [0.1, 0.15) is 5.56 Å². The molecule has 1 amide bonds. The Bertz CT molecular complexity index is 410. The zero-order valence-corrected chi connectivity index (χ0v) is 6.73. The van der Waals surface area contributed by atoms with E-state index >= 15 is 0 Å². The number of benzene rings is 1. The van der Waals surface area contributed by atoms with Crippen molar-refractivity contribution in [2.45, 2.75) is 6.42 Å². The average Bonchev–Trinajstić information content (AvgIpc) is 2.28. The molecule has 0 saturated heterocycles. The third-order valence-electron chi connectivity index (χ3n) is 1.83. The highest BCUT2D eigenvalue weighted by Crippen LogP contribution is 2.22. The molecule has 0 radical (unpaired) electrons. The minimum absolute atomic E-state index is 0.0992. The van der Waals surface area contributed by atoms with Gasteiger partial charge >= 0.3 is 5.91 Å². The molecule has 1 heterocycles. The van der Waals surface area contributed by atoms with Crippen LogP contribution in [0.2, 0.25) is 0 Å². The highest BCUT2D eigenvalue weighted by molar-refractivity contribution is 6.37. The van der Waals surface area contributed by atoms with Crippen LogP contribution < -0.4 is 0 Å². The number of nitrogens with zero attached hydrogens (tertiary/aromatic N) is 2. The first kappa shape index (κ1) is 7.79. The van der Waals surface area contributed by atoms with Gasteiger partial charge in [-0.15, -0.1) is 10.2 Å². The van der Waals surface area contributed by atoms with Gasteiger partial charge in [-0.25, -0.2) is 0 Å². The monoisotopic (exact) mass is 174 g/mol. The molecule has 2 rings (SSSR count). The summed E-state index contributed by atoms with van der Waals surface area (Å²) in [4.78, 5) is 21.9. The number of Topliss-reactive ketones (excluding diaryl/α,β-unsaturated/α-hetero) is 1. The van der Waals surface area contributed by atoms with E-state index in [0.29, 0.717) is 5.69 Å². The molecular weight excluding hydrogens is 168 g/mol. The van der Waals surface area contributed by atoms with Crippen LogP contribution in [0.4, 0.5) is 5.69 Å². The van der Waals surface area contributed by atoms with Crippen molar-refractivity contribution in [2.75, 3.05) is 0 Å². The second-order valence-corrected chi connectivity index (χ2v) is 2.73. The Hall–Kier alpha value is -1.84. The summed E-state index contributed by atoms with van der Waals surface area (Å²) in [6.07, 6.45) is 0.0992. The van der Waals surface area contributed by atoms with E-state index in [-0.39, 0.29) is 6.42 Å². The van der Waals surface area contributed by atoms with Crippen molar-refractivity contribution in [1.82, 2.24) is 0 Å². The molecule has 13 heavy (non-hydrogen) atoms. The Morgan fingerprint density at radius 1 is 1.08 bits per heavy atom. The van der Waals surface area contributed by atoms with Gasteiger partial charge in [-0.05, 0) is 11.6 Å². The summed E-state index contributed by atoms with van der Waals surface area (Å²) in [6, 6.07) is 7.09. The molecular formula is C9H6N2O2. The van der Waals surface area contributed by atoms with Gasteiger partial charge in [0.05, 0.1) is 5.69 Å². The lowest BCUT2D eigenvalue weighted by molar-refractivity contribution is -0.135.